The second kappa shape index (κ2) is 5.29. The molecule has 0 unspecified atom stereocenters. The minimum atomic E-state index is -3.89. The molecule has 0 saturated heterocycles. The maximum atomic E-state index is 11.2. The van der Waals surface area contributed by atoms with Gasteiger partial charge in [-0.25, -0.2) is 5.48 Å². The van der Waals surface area contributed by atoms with Gasteiger partial charge in [0.25, 0.3) is 0 Å². The molecule has 1 rings (SSSR count). The molecule has 1 aromatic carbocycles. The Labute approximate surface area is 93.3 Å². The fourth-order valence-corrected chi connectivity index (χ4v) is 1.44. The van der Waals surface area contributed by atoms with Crippen LogP contribution in [0.25, 0.3) is 6.08 Å². The molecule has 0 bridgehead atoms. The maximum Gasteiger partial charge on any atom is 0.310 e. The summed E-state index contributed by atoms with van der Waals surface area (Å²) in [4.78, 5) is 0. The van der Waals surface area contributed by atoms with Crippen LogP contribution in [0.4, 0.5) is 0 Å². The third-order valence-corrected chi connectivity index (χ3v) is 2.28. The lowest BCUT2D eigenvalue weighted by Gasteiger charge is -2.00. The number of nitrogens with one attached hydrogen (secondary N) is 2. The van der Waals surface area contributed by atoms with Crippen molar-refractivity contribution >= 4 is 22.2 Å². The molecule has 0 saturated carbocycles. The zero-order chi connectivity index (χ0) is 12.0. The van der Waals surface area contributed by atoms with Crippen molar-refractivity contribution in [3.8, 4) is 0 Å². The van der Waals surface area contributed by atoms with Crippen LogP contribution >= 0.6 is 0 Å². The van der Waals surface area contributed by atoms with E-state index in [2.05, 4.69) is 4.28 Å². The molecule has 0 spiro atoms. The summed E-state index contributed by atoms with van der Waals surface area (Å²) in [6, 6.07) is 8.86. The molecule has 16 heavy (non-hydrogen) atoms. The van der Waals surface area contributed by atoms with E-state index in [0.717, 1.165) is 11.0 Å². The summed E-state index contributed by atoms with van der Waals surface area (Å²) in [5, 5.41) is 7.60. The molecule has 0 heterocycles. The van der Waals surface area contributed by atoms with Gasteiger partial charge in [-0.1, -0.05) is 30.3 Å². The van der Waals surface area contributed by atoms with Crippen LogP contribution in [0.5, 0.6) is 0 Å². The average molecular weight is 241 g/mol. The topological polar surface area (TPSA) is 105 Å². The van der Waals surface area contributed by atoms with Gasteiger partial charge in [-0.05, 0) is 11.6 Å². The highest BCUT2D eigenvalue weighted by Crippen LogP contribution is 2.03. The number of hydrogen-bond donors (Lipinski definition) is 3. The van der Waals surface area contributed by atoms with Crippen molar-refractivity contribution in [3.05, 3.63) is 41.3 Å². The van der Waals surface area contributed by atoms with Crippen LogP contribution in [0.1, 0.15) is 5.56 Å². The van der Waals surface area contributed by atoms with E-state index < -0.39 is 16.1 Å². The summed E-state index contributed by atoms with van der Waals surface area (Å²) < 4.78 is 26.6. The zero-order valence-corrected chi connectivity index (χ0v) is 9.07. The molecule has 0 aliphatic heterocycles. The van der Waals surface area contributed by atoms with Gasteiger partial charge in [0.1, 0.15) is 0 Å². The SMILES string of the molecule is N=C(N)NOS(=O)(=O)C=Cc1ccccc1. The van der Waals surface area contributed by atoms with E-state index in [-0.39, 0.29) is 0 Å². The minimum absolute atomic E-state index is 0.586. The van der Waals surface area contributed by atoms with Crippen LogP contribution in [0.2, 0.25) is 0 Å². The summed E-state index contributed by atoms with van der Waals surface area (Å²) in [6.45, 7) is 0. The summed E-state index contributed by atoms with van der Waals surface area (Å²) in [5.41, 5.74) is 7.33. The van der Waals surface area contributed by atoms with Gasteiger partial charge in [-0.15, -0.1) is 4.28 Å². The summed E-state index contributed by atoms with van der Waals surface area (Å²) in [7, 11) is -3.89. The van der Waals surface area contributed by atoms with E-state index in [1.54, 1.807) is 29.7 Å². The van der Waals surface area contributed by atoms with E-state index in [1.807, 2.05) is 6.07 Å². The van der Waals surface area contributed by atoms with Crippen LogP contribution in [0.15, 0.2) is 35.7 Å². The van der Waals surface area contributed by atoms with Crippen molar-refractivity contribution < 1.29 is 12.7 Å². The normalized spacial score (nSPS) is 11.5. The molecule has 0 radical (unpaired) electrons. The average Bonchev–Trinajstić information content (AvgIpc) is 2.26. The Morgan fingerprint density at radius 1 is 1.38 bits per heavy atom. The predicted molar refractivity (Wildman–Crippen MR) is 60.5 cm³/mol. The highest BCUT2D eigenvalue weighted by Gasteiger charge is 2.05. The maximum absolute atomic E-state index is 11.2. The highest BCUT2D eigenvalue weighted by atomic mass is 32.2. The largest absolute Gasteiger partial charge is 0.368 e. The number of benzene rings is 1. The van der Waals surface area contributed by atoms with Crippen LogP contribution in [0.3, 0.4) is 0 Å². The van der Waals surface area contributed by atoms with Gasteiger partial charge < -0.3 is 5.73 Å². The van der Waals surface area contributed by atoms with Gasteiger partial charge in [0.15, 0.2) is 0 Å². The Bertz CT molecular complexity index is 482. The summed E-state index contributed by atoms with van der Waals surface area (Å²) in [6.07, 6.45) is 1.37. The molecule has 0 amide bonds. The first-order valence-electron chi connectivity index (χ1n) is 4.26. The van der Waals surface area contributed by atoms with E-state index in [4.69, 9.17) is 11.1 Å². The third kappa shape index (κ3) is 4.58. The number of hydroxylamine groups is 1. The first-order chi connectivity index (χ1) is 7.49. The first kappa shape index (κ1) is 12.2. The second-order valence-electron chi connectivity index (χ2n) is 2.81. The summed E-state index contributed by atoms with van der Waals surface area (Å²) >= 11 is 0. The highest BCUT2D eigenvalue weighted by molar-refractivity contribution is 7.89. The molecule has 7 heteroatoms. The first-order valence-corrected chi connectivity index (χ1v) is 5.73. The van der Waals surface area contributed by atoms with Gasteiger partial charge in [-0.3, -0.25) is 5.41 Å². The minimum Gasteiger partial charge on any atom is -0.368 e. The molecular weight excluding hydrogens is 230 g/mol. The molecule has 6 nitrogen and oxygen atoms in total. The standard InChI is InChI=1S/C9H11N3O3S/c10-9(11)12-15-16(13,14)7-6-8-4-2-1-3-5-8/h1-7H,(H4,10,11,12). The quantitative estimate of drug-likeness (QED) is 0.402. The van der Waals surface area contributed by atoms with Gasteiger partial charge in [0, 0.05) is 0 Å². The number of nitrogens with two attached hydrogens (primary N) is 1. The zero-order valence-electron chi connectivity index (χ0n) is 8.25. The van der Waals surface area contributed by atoms with Crippen LogP contribution in [-0.4, -0.2) is 14.4 Å². The monoisotopic (exact) mass is 241 g/mol. The second-order valence-corrected chi connectivity index (χ2v) is 4.23. The molecule has 0 fully saturated rings. The van der Waals surface area contributed by atoms with Crippen LogP contribution < -0.4 is 11.2 Å². The van der Waals surface area contributed by atoms with Crippen LogP contribution in [-0.2, 0) is 14.4 Å². The lowest BCUT2D eigenvalue weighted by atomic mass is 10.2. The Morgan fingerprint density at radius 3 is 2.56 bits per heavy atom. The number of guanidine groups is 1. The fourth-order valence-electron chi connectivity index (χ4n) is 0.857. The van der Waals surface area contributed by atoms with Crippen molar-refractivity contribution in [1.82, 2.24) is 5.48 Å². The van der Waals surface area contributed by atoms with Crippen molar-refractivity contribution in [2.75, 3.05) is 0 Å². The lowest BCUT2D eigenvalue weighted by Crippen LogP contribution is -2.31. The number of hydrogen-bond acceptors (Lipinski definition) is 4. The van der Waals surface area contributed by atoms with Crippen LogP contribution in [0, 0.1) is 5.41 Å². The Hall–Kier alpha value is -1.86. The Balaban J connectivity index is 2.66. The van der Waals surface area contributed by atoms with E-state index >= 15 is 0 Å². The van der Waals surface area contributed by atoms with Crippen molar-refractivity contribution in [1.29, 1.82) is 5.41 Å². The molecule has 86 valence electrons. The van der Waals surface area contributed by atoms with Gasteiger partial charge in [0.05, 0.1) is 5.41 Å². The fraction of sp³-hybridized carbons (Fsp3) is 0. The lowest BCUT2D eigenvalue weighted by molar-refractivity contribution is 0.270. The Morgan fingerprint density at radius 2 is 2.00 bits per heavy atom. The van der Waals surface area contributed by atoms with Crippen molar-refractivity contribution in [2.24, 2.45) is 5.73 Å². The molecule has 4 N–H and O–H groups in total. The molecule has 0 atom stereocenters. The van der Waals surface area contributed by atoms with Gasteiger partial charge >= 0.3 is 10.1 Å². The summed E-state index contributed by atoms with van der Waals surface area (Å²) in [5.74, 6) is -0.586. The molecule has 0 aromatic heterocycles. The molecular formula is C9H11N3O3S. The van der Waals surface area contributed by atoms with E-state index in [1.165, 1.54) is 6.08 Å². The van der Waals surface area contributed by atoms with Crippen molar-refractivity contribution in [3.63, 3.8) is 0 Å². The smallest absolute Gasteiger partial charge is 0.310 e. The molecule has 0 aliphatic carbocycles. The van der Waals surface area contributed by atoms with Crippen molar-refractivity contribution in [2.45, 2.75) is 0 Å². The van der Waals surface area contributed by atoms with Gasteiger partial charge in [0.2, 0.25) is 5.96 Å². The Kier molecular flexibility index (Phi) is 4.03. The van der Waals surface area contributed by atoms with Gasteiger partial charge in [-0.2, -0.15) is 8.42 Å². The molecule has 0 aliphatic rings. The predicted octanol–water partition coefficient (Wildman–Crippen LogP) is 0.402. The molecule has 1 aromatic rings. The van der Waals surface area contributed by atoms with E-state index in [9.17, 15) is 8.42 Å². The third-order valence-electron chi connectivity index (χ3n) is 1.49. The van der Waals surface area contributed by atoms with E-state index in [0.29, 0.717) is 0 Å². The number of rotatable bonds is 4.